The quantitative estimate of drug-likeness (QED) is 0.833. The van der Waals surface area contributed by atoms with E-state index >= 15 is 0 Å². The summed E-state index contributed by atoms with van der Waals surface area (Å²) in [6, 6.07) is 8.57. The van der Waals surface area contributed by atoms with Crippen LogP contribution < -0.4 is 5.32 Å². The van der Waals surface area contributed by atoms with Crippen molar-refractivity contribution in [2.75, 3.05) is 13.1 Å². The third kappa shape index (κ3) is 2.68. The Bertz CT molecular complexity index is 525. The molecule has 1 aromatic carbocycles. The van der Waals surface area contributed by atoms with Gasteiger partial charge in [0.2, 0.25) is 11.8 Å². The van der Waals surface area contributed by atoms with E-state index in [1.165, 1.54) is 11.1 Å². The van der Waals surface area contributed by atoms with Crippen molar-refractivity contribution < 1.29 is 4.42 Å². The number of hydrogen-bond donors (Lipinski definition) is 1. The first-order chi connectivity index (χ1) is 9.36. The van der Waals surface area contributed by atoms with E-state index in [-0.39, 0.29) is 0 Å². The van der Waals surface area contributed by atoms with Crippen LogP contribution in [0, 0.1) is 0 Å². The zero-order chi connectivity index (χ0) is 13.1. The lowest BCUT2D eigenvalue weighted by Gasteiger charge is -2.01. The van der Waals surface area contributed by atoms with Gasteiger partial charge in [-0.15, -0.1) is 10.2 Å². The zero-order valence-electron chi connectivity index (χ0n) is 11.2. The summed E-state index contributed by atoms with van der Waals surface area (Å²) in [6.45, 7) is 3.96. The van der Waals surface area contributed by atoms with Gasteiger partial charge in [0.1, 0.15) is 0 Å². The van der Waals surface area contributed by atoms with Crippen LogP contribution in [0.15, 0.2) is 28.7 Å². The maximum atomic E-state index is 5.78. The molecule has 19 heavy (non-hydrogen) atoms. The molecule has 3 rings (SSSR count). The molecule has 0 bridgehead atoms. The minimum absolute atomic E-state index is 0.359. The monoisotopic (exact) mass is 257 g/mol. The fourth-order valence-corrected chi connectivity index (χ4v) is 2.64. The molecular formula is C15H19N3O. The van der Waals surface area contributed by atoms with Crippen molar-refractivity contribution >= 4 is 0 Å². The van der Waals surface area contributed by atoms with Gasteiger partial charge in [0.05, 0.1) is 0 Å². The molecule has 1 aliphatic carbocycles. The van der Waals surface area contributed by atoms with E-state index < -0.39 is 0 Å². The van der Waals surface area contributed by atoms with Gasteiger partial charge in [-0.25, -0.2) is 0 Å². The number of hydrogen-bond acceptors (Lipinski definition) is 4. The SMILES string of the molecule is CCNCCc1nnc(C2Cc3ccccc3C2)o1. The fraction of sp³-hybridized carbons (Fsp3) is 0.467. The van der Waals surface area contributed by atoms with Gasteiger partial charge >= 0.3 is 0 Å². The van der Waals surface area contributed by atoms with E-state index in [2.05, 4.69) is 46.7 Å². The first-order valence-electron chi connectivity index (χ1n) is 6.96. The Kier molecular flexibility index (Phi) is 3.60. The van der Waals surface area contributed by atoms with Gasteiger partial charge in [-0.2, -0.15) is 0 Å². The van der Waals surface area contributed by atoms with Crippen LogP contribution in [0.3, 0.4) is 0 Å². The van der Waals surface area contributed by atoms with Gasteiger partial charge in [-0.05, 0) is 30.5 Å². The van der Waals surface area contributed by atoms with Crippen LogP contribution >= 0.6 is 0 Å². The lowest BCUT2D eigenvalue weighted by atomic mass is 10.1. The second kappa shape index (κ2) is 5.53. The topological polar surface area (TPSA) is 51.0 Å². The Morgan fingerprint density at radius 1 is 1.21 bits per heavy atom. The van der Waals surface area contributed by atoms with Crippen LogP contribution in [-0.4, -0.2) is 23.3 Å². The maximum Gasteiger partial charge on any atom is 0.220 e. The van der Waals surface area contributed by atoms with Gasteiger partial charge in [-0.1, -0.05) is 31.2 Å². The lowest BCUT2D eigenvalue weighted by molar-refractivity contribution is 0.415. The normalized spacial score (nSPS) is 14.8. The standard InChI is InChI=1S/C15H19N3O/c1-2-16-8-7-14-17-18-15(19-14)13-9-11-5-3-4-6-12(11)10-13/h3-6,13,16H,2,7-10H2,1H3. The van der Waals surface area contributed by atoms with E-state index in [4.69, 9.17) is 4.42 Å². The largest absolute Gasteiger partial charge is 0.425 e. The molecule has 0 aliphatic heterocycles. The highest BCUT2D eigenvalue weighted by Gasteiger charge is 2.26. The highest BCUT2D eigenvalue weighted by molar-refractivity contribution is 5.34. The molecule has 0 fully saturated rings. The first kappa shape index (κ1) is 12.4. The Morgan fingerprint density at radius 3 is 2.63 bits per heavy atom. The van der Waals surface area contributed by atoms with Gasteiger partial charge in [0, 0.05) is 18.9 Å². The van der Waals surface area contributed by atoms with Gasteiger partial charge in [0.15, 0.2) is 0 Å². The number of likely N-dealkylation sites (N-methyl/N-ethyl adjacent to an activating group) is 1. The molecule has 1 aromatic heterocycles. The fourth-order valence-electron chi connectivity index (χ4n) is 2.64. The van der Waals surface area contributed by atoms with Crippen LogP contribution in [0.4, 0.5) is 0 Å². The van der Waals surface area contributed by atoms with Crippen LogP contribution in [0.2, 0.25) is 0 Å². The third-order valence-electron chi connectivity index (χ3n) is 3.65. The van der Waals surface area contributed by atoms with Crippen LogP contribution in [0.5, 0.6) is 0 Å². The Hall–Kier alpha value is -1.68. The van der Waals surface area contributed by atoms with E-state index in [9.17, 15) is 0 Å². The number of nitrogens with one attached hydrogen (secondary N) is 1. The van der Waals surface area contributed by atoms with E-state index in [0.717, 1.165) is 44.1 Å². The lowest BCUT2D eigenvalue weighted by Crippen LogP contribution is -2.16. The van der Waals surface area contributed by atoms with Crippen molar-refractivity contribution in [3.63, 3.8) is 0 Å². The Labute approximate surface area is 113 Å². The second-order valence-electron chi connectivity index (χ2n) is 5.01. The number of nitrogens with zero attached hydrogens (tertiary/aromatic N) is 2. The number of rotatable bonds is 5. The smallest absolute Gasteiger partial charge is 0.220 e. The summed E-state index contributed by atoms with van der Waals surface area (Å²) in [5.74, 6) is 1.90. The van der Waals surface area contributed by atoms with Crippen molar-refractivity contribution in [2.24, 2.45) is 0 Å². The first-order valence-corrected chi connectivity index (χ1v) is 6.96. The summed E-state index contributed by atoms with van der Waals surface area (Å²) in [5.41, 5.74) is 2.83. The van der Waals surface area contributed by atoms with Crippen molar-refractivity contribution in [1.29, 1.82) is 0 Å². The molecule has 0 saturated carbocycles. The highest BCUT2D eigenvalue weighted by Crippen LogP contribution is 2.32. The summed E-state index contributed by atoms with van der Waals surface area (Å²) in [4.78, 5) is 0. The minimum atomic E-state index is 0.359. The predicted molar refractivity (Wildman–Crippen MR) is 73.1 cm³/mol. The summed E-state index contributed by atoms with van der Waals surface area (Å²) in [6.07, 6.45) is 2.84. The molecular weight excluding hydrogens is 238 g/mol. The zero-order valence-corrected chi connectivity index (χ0v) is 11.2. The molecule has 4 heteroatoms. The molecule has 0 amide bonds. The Morgan fingerprint density at radius 2 is 1.95 bits per heavy atom. The van der Waals surface area contributed by atoms with Gasteiger partial charge in [0.25, 0.3) is 0 Å². The van der Waals surface area contributed by atoms with Gasteiger partial charge < -0.3 is 9.73 Å². The second-order valence-corrected chi connectivity index (χ2v) is 5.01. The molecule has 0 spiro atoms. The van der Waals surface area contributed by atoms with E-state index in [0.29, 0.717) is 5.92 Å². The summed E-state index contributed by atoms with van der Waals surface area (Å²) in [7, 11) is 0. The van der Waals surface area contributed by atoms with Crippen LogP contribution in [-0.2, 0) is 19.3 Å². The number of aromatic nitrogens is 2. The van der Waals surface area contributed by atoms with Crippen LogP contribution in [0.1, 0.15) is 35.7 Å². The molecule has 100 valence electrons. The molecule has 0 unspecified atom stereocenters. The predicted octanol–water partition coefficient (Wildman–Crippen LogP) is 2.10. The van der Waals surface area contributed by atoms with Crippen molar-refractivity contribution in [3.8, 4) is 0 Å². The average molecular weight is 257 g/mol. The van der Waals surface area contributed by atoms with E-state index in [1.54, 1.807) is 0 Å². The summed E-state index contributed by atoms with van der Waals surface area (Å²) >= 11 is 0. The summed E-state index contributed by atoms with van der Waals surface area (Å²) in [5, 5.41) is 11.6. The van der Waals surface area contributed by atoms with Gasteiger partial charge in [-0.3, -0.25) is 0 Å². The summed E-state index contributed by atoms with van der Waals surface area (Å²) < 4.78 is 5.78. The van der Waals surface area contributed by atoms with Crippen molar-refractivity contribution in [2.45, 2.75) is 32.1 Å². The van der Waals surface area contributed by atoms with Crippen LogP contribution in [0.25, 0.3) is 0 Å². The van der Waals surface area contributed by atoms with E-state index in [1.807, 2.05) is 0 Å². The molecule has 1 heterocycles. The maximum absolute atomic E-state index is 5.78. The Balaban J connectivity index is 1.65. The molecule has 1 N–H and O–H groups in total. The average Bonchev–Trinajstić information content (AvgIpc) is 3.04. The number of benzene rings is 1. The highest BCUT2D eigenvalue weighted by atomic mass is 16.4. The molecule has 0 atom stereocenters. The minimum Gasteiger partial charge on any atom is -0.425 e. The molecule has 0 saturated heterocycles. The number of fused-ring (bicyclic) bond motifs is 1. The van der Waals surface area contributed by atoms with Crippen molar-refractivity contribution in [1.82, 2.24) is 15.5 Å². The molecule has 0 radical (unpaired) electrons. The molecule has 1 aliphatic rings. The third-order valence-corrected chi connectivity index (χ3v) is 3.65. The van der Waals surface area contributed by atoms with Crippen molar-refractivity contribution in [3.05, 3.63) is 47.2 Å². The molecule has 2 aromatic rings. The molecule has 4 nitrogen and oxygen atoms in total.